The molecule has 0 spiro atoms. The molecule has 2 heterocycles. The van der Waals surface area contributed by atoms with E-state index in [1.807, 2.05) is 84.8 Å². The molecule has 1 aliphatic heterocycles. The molecule has 1 aliphatic rings. The lowest BCUT2D eigenvalue weighted by Gasteiger charge is -2.25. The van der Waals surface area contributed by atoms with E-state index in [1.54, 1.807) is 0 Å². The van der Waals surface area contributed by atoms with Gasteiger partial charge in [-0.05, 0) is 30.8 Å². The lowest BCUT2D eigenvalue weighted by Crippen LogP contribution is -2.34. The standard InChI is InChI=1S/C23H23N3OS/c1-26-21(16-28-23(26)19-10-6-12-24-14-19)15-25-20-11-5-9-18(13-20)22(27)17-7-3-2-4-8-17/h2-14,21,23,25H,15-16H2,1H3. The van der Waals surface area contributed by atoms with Crippen molar-refractivity contribution in [2.75, 3.05) is 24.7 Å². The summed E-state index contributed by atoms with van der Waals surface area (Å²) in [4.78, 5) is 19.3. The predicted octanol–water partition coefficient (Wildman–Crippen LogP) is 4.47. The Morgan fingerprint density at radius 2 is 1.93 bits per heavy atom. The van der Waals surface area contributed by atoms with Crippen LogP contribution in [-0.4, -0.2) is 41.1 Å². The first-order valence-corrected chi connectivity index (χ1v) is 10.4. The number of rotatable bonds is 6. The molecule has 2 atom stereocenters. The largest absolute Gasteiger partial charge is 0.383 e. The van der Waals surface area contributed by atoms with Gasteiger partial charge in [-0.15, -0.1) is 11.8 Å². The number of likely N-dealkylation sites (N-methyl/N-ethyl adjacent to an activating group) is 1. The number of aromatic nitrogens is 1. The summed E-state index contributed by atoms with van der Waals surface area (Å²) < 4.78 is 0. The molecule has 1 saturated heterocycles. The molecule has 4 rings (SSSR count). The van der Waals surface area contributed by atoms with E-state index in [0.29, 0.717) is 22.5 Å². The third-order valence-corrected chi connectivity index (χ3v) is 6.56. The number of carbonyl (C=O) groups is 1. The second-order valence-corrected chi connectivity index (χ2v) is 8.06. The van der Waals surface area contributed by atoms with E-state index in [-0.39, 0.29) is 5.78 Å². The number of carbonyl (C=O) groups excluding carboxylic acids is 1. The molecular weight excluding hydrogens is 366 g/mol. The summed E-state index contributed by atoms with van der Waals surface area (Å²) >= 11 is 1.94. The summed E-state index contributed by atoms with van der Waals surface area (Å²) in [5, 5.41) is 3.85. The number of pyridine rings is 1. The van der Waals surface area contributed by atoms with Gasteiger partial charge in [-0.25, -0.2) is 0 Å². The van der Waals surface area contributed by atoms with E-state index < -0.39 is 0 Å². The van der Waals surface area contributed by atoms with Gasteiger partial charge in [0.25, 0.3) is 0 Å². The minimum atomic E-state index is 0.0504. The Labute approximate surface area is 170 Å². The van der Waals surface area contributed by atoms with Crippen LogP contribution in [0, 0.1) is 0 Å². The second kappa shape index (κ2) is 8.59. The number of benzene rings is 2. The smallest absolute Gasteiger partial charge is 0.193 e. The third-order valence-electron chi connectivity index (χ3n) is 5.06. The first-order valence-electron chi connectivity index (χ1n) is 9.39. The number of hydrogen-bond acceptors (Lipinski definition) is 5. The Balaban J connectivity index is 1.40. The van der Waals surface area contributed by atoms with Gasteiger partial charge in [0.15, 0.2) is 5.78 Å². The third kappa shape index (κ3) is 4.11. The lowest BCUT2D eigenvalue weighted by atomic mass is 10.0. The Bertz CT molecular complexity index is 933. The molecule has 0 aliphatic carbocycles. The molecular formula is C23H23N3OS. The Kier molecular flexibility index (Phi) is 5.74. The van der Waals surface area contributed by atoms with E-state index in [2.05, 4.69) is 28.3 Å². The van der Waals surface area contributed by atoms with Crippen molar-refractivity contribution >= 4 is 23.2 Å². The maximum atomic E-state index is 12.7. The van der Waals surface area contributed by atoms with Crippen molar-refractivity contribution in [3.8, 4) is 0 Å². The van der Waals surface area contributed by atoms with Crippen LogP contribution in [0.5, 0.6) is 0 Å². The van der Waals surface area contributed by atoms with Crippen molar-refractivity contribution in [2.24, 2.45) is 0 Å². The average Bonchev–Trinajstić information content (AvgIpc) is 3.13. The van der Waals surface area contributed by atoms with Crippen molar-refractivity contribution < 1.29 is 4.79 Å². The fourth-order valence-corrected chi connectivity index (χ4v) is 4.94. The Morgan fingerprint density at radius 3 is 2.71 bits per heavy atom. The maximum absolute atomic E-state index is 12.7. The summed E-state index contributed by atoms with van der Waals surface area (Å²) in [5.74, 6) is 1.11. The molecule has 0 bridgehead atoms. The van der Waals surface area contributed by atoms with E-state index >= 15 is 0 Å². The van der Waals surface area contributed by atoms with Crippen LogP contribution in [0.25, 0.3) is 0 Å². The number of nitrogens with zero attached hydrogens (tertiary/aromatic N) is 2. The number of hydrogen-bond donors (Lipinski definition) is 1. The normalized spacial score (nSPS) is 19.5. The SMILES string of the molecule is CN1C(CNc2cccc(C(=O)c3ccccc3)c2)CSC1c1cccnc1. The highest BCUT2D eigenvalue weighted by Gasteiger charge is 2.31. The highest BCUT2D eigenvalue weighted by Crippen LogP contribution is 2.39. The van der Waals surface area contributed by atoms with Crippen LogP contribution in [0.3, 0.4) is 0 Å². The van der Waals surface area contributed by atoms with Gasteiger partial charge in [-0.3, -0.25) is 14.7 Å². The molecule has 4 nitrogen and oxygen atoms in total. The van der Waals surface area contributed by atoms with Crippen molar-refractivity contribution in [2.45, 2.75) is 11.4 Å². The van der Waals surface area contributed by atoms with Gasteiger partial charge in [0.05, 0.1) is 5.37 Å². The zero-order valence-electron chi connectivity index (χ0n) is 15.8. The summed E-state index contributed by atoms with van der Waals surface area (Å²) in [6.45, 7) is 0.837. The van der Waals surface area contributed by atoms with Gasteiger partial charge in [-0.2, -0.15) is 0 Å². The molecule has 28 heavy (non-hydrogen) atoms. The van der Waals surface area contributed by atoms with E-state index in [1.165, 1.54) is 5.56 Å². The fraction of sp³-hybridized carbons (Fsp3) is 0.217. The van der Waals surface area contributed by atoms with Gasteiger partial charge in [0.1, 0.15) is 0 Å². The lowest BCUT2D eigenvalue weighted by molar-refractivity contribution is 0.103. The topological polar surface area (TPSA) is 45.2 Å². The number of ketones is 1. The van der Waals surface area contributed by atoms with E-state index in [9.17, 15) is 4.79 Å². The van der Waals surface area contributed by atoms with Gasteiger partial charge in [0.2, 0.25) is 0 Å². The van der Waals surface area contributed by atoms with Gasteiger partial charge in [0, 0.05) is 47.5 Å². The summed E-state index contributed by atoms with van der Waals surface area (Å²) in [6.07, 6.45) is 3.76. The summed E-state index contributed by atoms with van der Waals surface area (Å²) in [7, 11) is 2.17. The number of anilines is 1. The van der Waals surface area contributed by atoms with Crippen LogP contribution in [0.1, 0.15) is 26.9 Å². The van der Waals surface area contributed by atoms with Gasteiger partial charge < -0.3 is 5.32 Å². The molecule has 5 heteroatoms. The van der Waals surface area contributed by atoms with Crippen LogP contribution < -0.4 is 5.32 Å². The molecule has 142 valence electrons. The number of thioether (sulfide) groups is 1. The maximum Gasteiger partial charge on any atom is 0.193 e. The minimum Gasteiger partial charge on any atom is -0.383 e. The molecule has 0 saturated carbocycles. The molecule has 1 N–H and O–H groups in total. The average molecular weight is 390 g/mol. The van der Waals surface area contributed by atoms with Crippen LogP contribution >= 0.6 is 11.8 Å². The molecule has 0 amide bonds. The molecule has 3 aromatic rings. The second-order valence-electron chi connectivity index (χ2n) is 6.95. The van der Waals surface area contributed by atoms with Crippen LogP contribution in [0.15, 0.2) is 79.1 Å². The quantitative estimate of drug-likeness (QED) is 0.630. The monoisotopic (exact) mass is 389 g/mol. The molecule has 1 aromatic heterocycles. The van der Waals surface area contributed by atoms with E-state index in [0.717, 1.165) is 18.0 Å². The van der Waals surface area contributed by atoms with Crippen molar-refractivity contribution in [1.29, 1.82) is 0 Å². The van der Waals surface area contributed by atoms with Gasteiger partial charge >= 0.3 is 0 Å². The first-order chi connectivity index (χ1) is 13.7. The molecule has 0 radical (unpaired) electrons. The van der Waals surface area contributed by atoms with Crippen LogP contribution in [0.2, 0.25) is 0 Å². The zero-order chi connectivity index (χ0) is 19.3. The fourth-order valence-electron chi connectivity index (χ4n) is 3.45. The van der Waals surface area contributed by atoms with Crippen molar-refractivity contribution in [3.63, 3.8) is 0 Å². The Hall–Kier alpha value is -2.63. The zero-order valence-corrected chi connectivity index (χ0v) is 16.6. The Morgan fingerprint density at radius 1 is 1.11 bits per heavy atom. The summed E-state index contributed by atoms with van der Waals surface area (Å²) in [6, 6.07) is 21.7. The highest BCUT2D eigenvalue weighted by molar-refractivity contribution is 7.99. The molecule has 2 unspecified atom stereocenters. The highest BCUT2D eigenvalue weighted by atomic mass is 32.2. The minimum absolute atomic E-state index is 0.0504. The predicted molar refractivity (Wildman–Crippen MR) is 116 cm³/mol. The van der Waals surface area contributed by atoms with Crippen molar-refractivity contribution in [3.05, 3.63) is 95.8 Å². The molecule has 2 aromatic carbocycles. The summed E-state index contributed by atoms with van der Waals surface area (Å²) in [5.41, 5.74) is 3.64. The van der Waals surface area contributed by atoms with Crippen molar-refractivity contribution in [1.82, 2.24) is 9.88 Å². The van der Waals surface area contributed by atoms with Crippen LogP contribution in [0.4, 0.5) is 5.69 Å². The van der Waals surface area contributed by atoms with Crippen LogP contribution in [-0.2, 0) is 0 Å². The van der Waals surface area contributed by atoms with Gasteiger partial charge in [-0.1, -0.05) is 48.5 Å². The number of nitrogens with one attached hydrogen (secondary N) is 1. The molecule has 1 fully saturated rings. The van der Waals surface area contributed by atoms with E-state index in [4.69, 9.17) is 0 Å². The first kappa shape index (κ1) is 18.7.